The van der Waals surface area contributed by atoms with E-state index in [2.05, 4.69) is 29.4 Å². The summed E-state index contributed by atoms with van der Waals surface area (Å²) in [5.74, 6) is 0.904. The molecule has 0 saturated heterocycles. The Morgan fingerprint density at radius 3 is 2.77 bits per heavy atom. The predicted molar refractivity (Wildman–Crippen MR) is 116 cm³/mol. The van der Waals surface area contributed by atoms with Crippen LogP contribution in [0.25, 0.3) is 22.6 Å². The summed E-state index contributed by atoms with van der Waals surface area (Å²) in [4.78, 5) is 13.6. The van der Waals surface area contributed by atoms with Crippen molar-refractivity contribution < 1.29 is 18.4 Å². The van der Waals surface area contributed by atoms with Crippen LogP contribution in [-0.2, 0) is 0 Å². The van der Waals surface area contributed by atoms with Crippen molar-refractivity contribution in [2.45, 2.75) is 30.9 Å². The number of ether oxygens (including phenoxy) is 1. The van der Waals surface area contributed by atoms with Crippen LogP contribution >= 0.6 is 11.8 Å². The maximum absolute atomic E-state index is 12.6. The lowest BCUT2D eigenvalue weighted by atomic mass is 10.2. The zero-order chi connectivity index (χ0) is 21.1. The van der Waals surface area contributed by atoms with E-state index in [9.17, 15) is 4.79 Å². The summed E-state index contributed by atoms with van der Waals surface area (Å²) in [7, 11) is 0. The van der Waals surface area contributed by atoms with E-state index in [1.54, 1.807) is 23.9 Å². The van der Waals surface area contributed by atoms with Gasteiger partial charge in [-0.1, -0.05) is 37.1 Å². The minimum Gasteiger partial charge on any atom is -0.490 e. The number of furan rings is 1. The van der Waals surface area contributed by atoms with Crippen LogP contribution in [0.4, 0.5) is 6.01 Å². The Labute approximate surface area is 177 Å². The molecular formula is C22H21N3O4S. The van der Waals surface area contributed by atoms with E-state index >= 15 is 0 Å². The van der Waals surface area contributed by atoms with Crippen molar-refractivity contribution >= 4 is 34.7 Å². The molecule has 0 aliphatic carbocycles. The molecule has 2 aromatic carbocycles. The van der Waals surface area contributed by atoms with Crippen LogP contribution in [0.2, 0.25) is 0 Å². The molecule has 0 spiro atoms. The molecule has 0 aliphatic heterocycles. The molecule has 0 radical (unpaired) electrons. The Hall–Kier alpha value is -3.26. The van der Waals surface area contributed by atoms with E-state index < -0.39 is 0 Å². The Kier molecular flexibility index (Phi) is 5.76. The molecule has 0 aliphatic rings. The summed E-state index contributed by atoms with van der Waals surface area (Å²) in [5.41, 5.74) is 1.13. The fourth-order valence-corrected chi connectivity index (χ4v) is 3.83. The first-order valence-electron chi connectivity index (χ1n) is 9.61. The second kappa shape index (κ2) is 8.62. The number of carbonyl (C=O) groups excluding carboxylic acids is 1. The van der Waals surface area contributed by atoms with Crippen LogP contribution in [0.1, 0.15) is 31.1 Å². The van der Waals surface area contributed by atoms with Crippen LogP contribution in [0.3, 0.4) is 0 Å². The number of anilines is 1. The summed E-state index contributed by atoms with van der Waals surface area (Å²) < 4.78 is 17.0. The number of thioether (sulfide) groups is 1. The molecule has 0 unspecified atom stereocenters. The lowest BCUT2D eigenvalue weighted by Crippen LogP contribution is -2.12. The highest BCUT2D eigenvalue weighted by atomic mass is 32.2. The van der Waals surface area contributed by atoms with Gasteiger partial charge in [-0.2, -0.15) is 0 Å². The van der Waals surface area contributed by atoms with Gasteiger partial charge in [-0.15, -0.1) is 16.9 Å². The van der Waals surface area contributed by atoms with Crippen molar-refractivity contribution in [3.63, 3.8) is 0 Å². The van der Waals surface area contributed by atoms with Gasteiger partial charge in [0.2, 0.25) is 0 Å². The summed E-state index contributed by atoms with van der Waals surface area (Å²) in [6, 6.07) is 14.8. The molecule has 0 atom stereocenters. The number of amides is 1. The molecule has 30 heavy (non-hydrogen) atoms. The number of nitrogens with zero attached hydrogens (tertiary/aromatic N) is 2. The van der Waals surface area contributed by atoms with E-state index in [0.29, 0.717) is 34.5 Å². The van der Waals surface area contributed by atoms with Gasteiger partial charge in [-0.3, -0.25) is 10.1 Å². The molecule has 0 bridgehead atoms. The van der Waals surface area contributed by atoms with Gasteiger partial charge < -0.3 is 13.6 Å². The maximum Gasteiger partial charge on any atom is 0.322 e. The van der Waals surface area contributed by atoms with Gasteiger partial charge in [0.25, 0.3) is 11.8 Å². The maximum atomic E-state index is 12.6. The van der Waals surface area contributed by atoms with E-state index in [0.717, 1.165) is 10.3 Å². The van der Waals surface area contributed by atoms with E-state index in [1.807, 2.05) is 43.3 Å². The lowest BCUT2D eigenvalue weighted by Gasteiger charge is -2.06. The molecular weight excluding hydrogens is 402 g/mol. The summed E-state index contributed by atoms with van der Waals surface area (Å²) in [6.07, 6.45) is 0. The Morgan fingerprint density at radius 1 is 1.13 bits per heavy atom. The molecule has 8 heteroatoms. The van der Waals surface area contributed by atoms with Gasteiger partial charge in [-0.25, -0.2) is 0 Å². The summed E-state index contributed by atoms with van der Waals surface area (Å²) in [6.45, 7) is 6.65. The first-order chi connectivity index (χ1) is 14.5. The number of fused-ring (bicyclic) bond motifs is 1. The number of nitrogens with one attached hydrogen (secondary N) is 1. The van der Waals surface area contributed by atoms with Crippen LogP contribution in [0.5, 0.6) is 5.75 Å². The predicted octanol–water partition coefficient (Wildman–Crippen LogP) is 5.63. The molecule has 1 amide bonds. The topological polar surface area (TPSA) is 90.4 Å². The van der Waals surface area contributed by atoms with Gasteiger partial charge in [0.1, 0.15) is 0 Å². The Morgan fingerprint density at radius 2 is 1.97 bits per heavy atom. The molecule has 4 rings (SSSR count). The van der Waals surface area contributed by atoms with Crippen molar-refractivity contribution in [3.8, 4) is 17.4 Å². The average molecular weight is 423 g/mol. The van der Waals surface area contributed by atoms with Gasteiger partial charge >= 0.3 is 6.01 Å². The zero-order valence-corrected chi connectivity index (χ0v) is 17.7. The lowest BCUT2D eigenvalue weighted by molar-refractivity contribution is 0.102. The normalized spacial score (nSPS) is 11.2. The van der Waals surface area contributed by atoms with Gasteiger partial charge in [0.05, 0.1) is 6.61 Å². The first-order valence-corrected chi connectivity index (χ1v) is 10.5. The van der Waals surface area contributed by atoms with Gasteiger partial charge in [0.15, 0.2) is 17.1 Å². The highest BCUT2D eigenvalue weighted by Crippen LogP contribution is 2.33. The number of carbonyl (C=O) groups is 1. The fourth-order valence-electron chi connectivity index (χ4n) is 2.94. The third kappa shape index (κ3) is 4.33. The molecule has 2 aromatic heterocycles. The summed E-state index contributed by atoms with van der Waals surface area (Å²) in [5, 5.41) is 11.8. The molecule has 154 valence electrons. The van der Waals surface area contributed by atoms with Crippen LogP contribution in [0, 0.1) is 0 Å². The van der Waals surface area contributed by atoms with Gasteiger partial charge in [-0.05, 0) is 37.3 Å². The standard InChI is InChI=1S/C22H21N3O4S/c1-4-27-17-10-6-7-14-12-18(28-19(14)17)21-24-25-22(29-21)23-20(26)15-8-5-9-16(11-15)30-13(2)3/h5-13H,4H2,1-3H3,(H,23,25,26). The average Bonchev–Trinajstić information content (AvgIpc) is 3.35. The second-order valence-electron chi connectivity index (χ2n) is 6.78. The smallest absolute Gasteiger partial charge is 0.322 e. The van der Waals surface area contributed by atoms with Crippen molar-refractivity contribution in [2.24, 2.45) is 0 Å². The molecule has 0 saturated carbocycles. The van der Waals surface area contributed by atoms with Crippen LogP contribution < -0.4 is 10.1 Å². The fraction of sp³-hybridized carbons (Fsp3) is 0.227. The highest BCUT2D eigenvalue weighted by molar-refractivity contribution is 7.99. The molecule has 0 fully saturated rings. The van der Waals surface area contributed by atoms with Crippen molar-refractivity contribution in [1.29, 1.82) is 0 Å². The largest absolute Gasteiger partial charge is 0.490 e. The minimum absolute atomic E-state index is 0.00223. The third-order valence-electron chi connectivity index (χ3n) is 4.13. The Bertz CT molecular complexity index is 1180. The van der Waals surface area contributed by atoms with Crippen molar-refractivity contribution in [2.75, 3.05) is 11.9 Å². The van der Waals surface area contributed by atoms with E-state index in [4.69, 9.17) is 13.6 Å². The first kappa shape index (κ1) is 20.0. The number of benzene rings is 2. The SMILES string of the molecule is CCOc1cccc2cc(-c3nnc(NC(=O)c4cccc(SC(C)C)c4)o3)oc12. The van der Waals surface area contributed by atoms with Gasteiger partial charge in [0, 0.05) is 21.1 Å². The van der Waals surface area contributed by atoms with Crippen LogP contribution in [0.15, 0.2) is 62.3 Å². The zero-order valence-electron chi connectivity index (χ0n) is 16.8. The van der Waals surface area contributed by atoms with Crippen molar-refractivity contribution in [1.82, 2.24) is 10.2 Å². The van der Waals surface area contributed by atoms with Crippen molar-refractivity contribution in [3.05, 3.63) is 54.1 Å². The van der Waals surface area contributed by atoms with Crippen LogP contribution in [-0.4, -0.2) is 28.0 Å². The molecule has 7 nitrogen and oxygen atoms in total. The third-order valence-corrected chi connectivity index (χ3v) is 5.13. The monoisotopic (exact) mass is 423 g/mol. The number of hydrogen-bond donors (Lipinski definition) is 1. The number of hydrogen-bond acceptors (Lipinski definition) is 7. The minimum atomic E-state index is -0.320. The molecule has 2 heterocycles. The molecule has 1 N–H and O–H groups in total. The van der Waals surface area contributed by atoms with E-state index in [-0.39, 0.29) is 17.8 Å². The van der Waals surface area contributed by atoms with E-state index in [1.165, 1.54) is 0 Å². The number of aromatic nitrogens is 2. The number of para-hydroxylation sites is 1. The quantitative estimate of drug-likeness (QED) is 0.385. The Balaban J connectivity index is 1.53. The highest BCUT2D eigenvalue weighted by Gasteiger charge is 2.17. The number of rotatable bonds is 7. The molecule has 4 aromatic rings. The second-order valence-corrected chi connectivity index (χ2v) is 8.43. The summed E-state index contributed by atoms with van der Waals surface area (Å²) >= 11 is 1.69.